The van der Waals surface area contributed by atoms with Crippen LogP contribution in [0.3, 0.4) is 0 Å². The van der Waals surface area contributed by atoms with Crippen LogP contribution in [0.15, 0.2) is 12.1 Å². The van der Waals surface area contributed by atoms with Crippen molar-refractivity contribution in [1.82, 2.24) is 20.2 Å². The van der Waals surface area contributed by atoms with Gasteiger partial charge in [-0.1, -0.05) is 0 Å². The first-order valence-corrected chi connectivity index (χ1v) is 5.30. The molecular formula is C11H15N5O. The summed E-state index contributed by atoms with van der Waals surface area (Å²) < 4.78 is 4.96. The van der Waals surface area contributed by atoms with Gasteiger partial charge < -0.3 is 10.1 Å². The smallest absolute Gasteiger partial charge is 0.246 e. The molecule has 0 spiro atoms. The van der Waals surface area contributed by atoms with Gasteiger partial charge in [-0.3, -0.25) is 10.1 Å². The monoisotopic (exact) mass is 233 g/mol. The van der Waals surface area contributed by atoms with Gasteiger partial charge in [0, 0.05) is 24.2 Å². The van der Waals surface area contributed by atoms with Crippen molar-refractivity contribution < 1.29 is 4.74 Å². The van der Waals surface area contributed by atoms with Crippen LogP contribution in [-0.4, -0.2) is 27.3 Å². The third-order valence-electron chi connectivity index (χ3n) is 2.15. The fraction of sp³-hybridized carbons (Fsp3) is 0.364. The van der Waals surface area contributed by atoms with E-state index in [0.29, 0.717) is 18.4 Å². The van der Waals surface area contributed by atoms with Gasteiger partial charge in [-0.15, -0.1) is 5.10 Å². The zero-order valence-electron chi connectivity index (χ0n) is 10.1. The Morgan fingerprint density at radius 1 is 1.24 bits per heavy atom. The average molecular weight is 233 g/mol. The summed E-state index contributed by atoms with van der Waals surface area (Å²) in [7, 11) is 1.62. The molecule has 6 heteroatoms. The molecule has 0 amide bonds. The molecule has 0 fully saturated rings. The topological polar surface area (TPSA) is 75.7 Å². The van der Waals surface area contributed by atoms with Crippen LogP contribution < -0.4 is 5.32 Å². The van der Waals surface area contributed by atoms with E-state index < -0.39 is 0 Å². The standard InChI is InChI=1S/C11H15N5O/c1-7-4-9(5-8(2)12-7)13-11-14-10(6-17-3)15-16-11/h4-5H,6H2,1-3H3,(H2,12,13,14,15,16). The Hall–Kier alpha value is -1.95. The van der Waals surface area contributed by atoms with Crippen molar-refractivity contribution in [2.24, 2.45) is 0 Å². The van der Waals surface area contributed by atoms with Crippen LogP contribution in [0.2, 0.25) is 0 Å². The number of hydrogen-bond donors (Lipinski definition) is 2. The molecule has 6 nitrogen and oxygen atoms in total. The molecule has 17 heavy (non-hydrogen) atoms. The molecule has 0 atom stereocenters. The fourth-order valence-corrected chi connectivity index (χ4v) is 1.59. The van der Waals surface area contributed by atoms with Crippen molar-refractivity contribution in [2.45, 2.75) is 20.5 Å². The second kappa shape index (κ2) is 4.92. The van der Waals surface area contributed by atoms with Crippen molar-refractivity contribution in [3.63, 3.8) is 0 Å². The maximum Gasteiger partial charge on any atom is 0.246 e. The molecule has 0 saturated heterocycles. The number of aryl methyl sites for hydroxylation is 2. The molecule has 0 bridgehead atoms. The molecule has 0 aromatic carbocycles. The molecule has 2 aromatic rings. The first-order valence-electron chi connectivity index (χ1n) is 5.30. The number of hydrogen-bond acceptors (Lipinski definition) is 5. The quantitative estimate of drug-likeness (QED) is 0.840. The van der Waals surface area contributed by atoms with Crippen LogP contribution in [0.25, 0.3) is 0 Å². The fourth-order valence-electron chi connectivity index (χ4n) is 1.59. The molecule has 0 aliphatic rings. The zero-order chi connectivity index (χ0) is 12.3. The highest BCUT2D eigenvalue weighted by Gasteiger charge is 2.04. The number of pyridine rings is 1. The Morgan fingerprint density at radius 2 is 1.94 bits per heavy atom. The van der Waals surface area contributed by atoms with Crippen molar-refractivity contribution in [1.29, 1.82) is 0 Å². The van der Waals surface area contributed by atoms with E-state index >= 15 is 0 Å². The van der Waals surface area contributed by atoms with E-state index in [-0.39, 0.29) is 0 Å². The van der Waals surface area contributed by atoms with E-state index in [2.05, 4.69) is 25.5 Å². The molecule has 90 valence electrons. The van der Waals surface area contributed by atoms with E-state index in [1.165, 1.54) is 0 Å². The van der Waals surface area contributed by atoms with E-state index in [4.69, 9.17) is 4.74 Å². The van der Waals surface area contributed by atoms with Crippen molar-refractivity contribution >= 4 is 11.6 Å². The lowest BCUT2D eigenvalue weighted by Crippen LogP contribution is -1.96. The Kier molecular flexibility index (Phi) is 3.34. The lowest BCUT2D eigenvalue weighted by molar-refractivity contribution is 0.178. The number of H-pyrrole nitrogens is 1. The van der Waals surface area contributed by atoms with Crippen LogP contribution in [0.1, 0.15) is 17.2 Å². The van der Waals surface area contributed by atoms with Crippen LogP contribution in [0.4, 0.5) is 11.6 Å². The third-order valence-corrected chi connectivity index (χ3v) is 2.15. The highest BCUT2D eigenvalue weighted by Crippen LogP contribution is 2.14. The largest absolute Gasteiger partial charge is 0.377 e. The molecule has 2 aromatic heterocycles. The normalized spacial score (nSPS) is 10.5. The first-order chi connectivity index (χ1) is 8.17. The average Bonchev–Trinajstić information content (AvgIpc) is 2.64. The van der Waals surface area contributed by atoms with Gasteiger partial charge >= 0.3 is 0 Å². The van der Waals surface area contributed by atoms with Crippen LogP contribution in [0, 0.1) is 13.8 Å². The molecular weight excluding hydrogens is 218 g/mol. The summed E-state index contributed by atoms with van der Waals surface area (Å²) in [4.78, 5) is 8.53. The molecule has 0 unspecified atom stereocenters. The minimum atomic E-state index is 0.420. The number of aromatic nitrogens is 4. The lowest BCUT2D eigenvalue weighted by Gasteiger charge is -2.03. The van der Waals surface area contributed by atoms with E-state index in [1.54, 1.807) is 7.11 Å². The van der Waals surface area contributed by atoms with E-state index in [1.807, 2.05) is 26.0 Å². The number of rotatable bonds is 4. The molecule has 2 rings (SSSR count). The maximum absolute atomic E-state index is 4.96. The van der Waals surface area contributed by atoms with Gasteiger partial charge in [0.2, 0.25) is 5.95 Å². The molecule has 2 N–H and O–H groups in total. The number of nitrogens with zero attached hydrogens (tertiary/aromatic N) is 3. The van der Waals surface area contributed by atoms with Crippen molar-refractivity contribution in [3.05, 3.63) is 29.3 Å². The zero-order valence-corrected chi connectivity index (χ0v) is 10.1. The van der Waals surface area contributed by atoms with Gasteiger partial charge in [-0.25, -0.2) is 0 Å². The summed E-state index contributed by atoms with van der Waals surface area (Å²) in [5, 5.41) is 9.95. The Balaban J connectivity index is 2.13. The summed E-state index contributed by atoms with van der Waals surface area (Å²) in [6, 6.07) is 3.89. The first kappa shape index (κ1) is 11.5. The Morgan fingerprint density at radius 3 is 2.59 bits per heavy atom. The van der Waals surface area contributed by atoms with Crippen LogP contribution in [0.5, 0.6) is 0 Å². The van der Waals surface area contributed by atoms with Gasteiger partial charge in [0.1, 0.15) is 6.61 Å². The molecule has 0 aliphatic heterocycles. The number of aromatic amines is 1. The summed E-state index contributed by atoms with van der Waals surface area (Å²) in [5.74, 6) is 1.22. The highest BCUT2D eigenvalue weighted by atomic mass is 16.5. The van der Waals surface area contributed by atoms with E-state index in [0.717, 1.165) is 17.1 Å². The number of ether oxygens (including phenoxy) is 1. The summed E-state index contributed by atoms with van der Waals surface area (Å²) in [6.45, 7) is 4.32. The van der Waals surface area contributed by atoms with Crippen LogP contribution in [-0.2, 0) is 11.3 Å². The highest BCUT2D eigenvalue weighted by molar-refractivity contribution is 5.53. The molecule has 0 radical (unpaired) electrons. The van der Waals surface area contributed by atoms with Gasteiger partial charge in [0.15, 0.2) is 5.82 Å². The summed E-state index contributed by atoms with van der Waals surface area (Å²) in [6.07, 6.45) is 0. The number of anilines is 2. The van der Waals surface area contributed by atoms with Crippen molar-refractivity contribution in [2.75, 3.05) is 12.4 Å². The van der Waals surface area contributed by atoms with Gasteiger partial charge in [-0.05, 0) is 26.0 Å². The Bertz CT molecular complexity index is 488. The Labute approximate surface area is 99.4 Å². The predicted octanol–water partition coefficient (Wildman–Crippen LogP) is 1.71. The second-order valence-electron chi connectivity index (χ2n) is 3.80. The molecule has 0 aliphatic carbocycles. The van der Waals surface area contributed by atoms with Crippen LogP contribution >= 0.6 is 0 Å². The van der Waals surface area contributed by atoms with E-state index in [9.17, 15) is 0 Å². The van der Waals surface area contributed by atoms with Gasteiger partial charge in [-0.2, -0.15) is 4.98 Å². The maximum atomic E-state index is 4.96. The third kappa shape index (κ3) is 3.01. The van der Waals surface area contributed by atoms with Crippen molar-refractivity contribution in [3.8, 4) is 0 Å². The summed E-state index contributed by atoms with van der Waals surface area (Å²) in [5.41, 5.74) is 2.85. The number of methoxy groups -OCH3 is 1. The van der Waals surface area contributed by atoms with Gasteiger partial charge in [0.25, 0.3) is 0 Å². The molecule has 2 heterocycles. The predicted molar refractivity (Wildman–Crippen MR) is 64.1 cm³/mol. The summed E-state index contributed by atoms with van der Waals surface area (Å²) >= 11 is 0. The number of nitrogens with one attached hydrogen (secondary N) is 2. The molecule has 0 saturated carbocycles. The second-order valence-corrected chi connectivity index (χ2v) is 3.80. The minimum Gasteiger partial charge on any atom is -0.377 e. The lowest BCUT2D eigenvalue weighted by atomic mass is 10.3. The van der Waals surface area contributed by atoms with Gasteiger partial charge in [0.05, 0.1) is 0 Å². The SMILES string of the molecule is COCc1nc(Nc2cc(C)nc(C)c2)n[nH]1. The minimum absolute atomic E-state index is 0.420.